The Hall–Kier alpha value is -2.68. The van der Waals surface area contributed by atoms with Crippen molar-refractivity contribution in [3.63, 3.8) is 0 Å². The molecule has 0 bridgehead atoms. The van der Waals surface area contributed by atoms with E-state index in [0.717, 1.165) is 12.0 Å². The van der Waals surface area contributed by atoms with Crippen LogP contribution in [0.3, 0.4) is 0 Å². The van der Waals surface area contributed by atoms with Crippen LogP contribution < -0.4 is 4.90 Å². The zero-order valence-electron chi connectivity index (χ0n) is 20.6. The Morgan fingerprint density at radius 2 is 1.89 bits per heavy atom. The summed E-state index contributed by atoms with van der Waals surface area (Å²) in [4.78, 5) is 46.6. The SMILES string of the molecule is Cc1cccc(Cl)c1N1CC=C[C@]23O[C@@H]4C=CCN(C)C(=O)[C@@H]4[C@H]2C(=O)N(CCCCCO)C3C1=O. The van der Waals surface area contributed by atoms with Gasteiger partial charge < -0.3 is 24.5 Å². The number of aryl methyl sites for hydroxylation is 1. The third-order valence-corrected chi connectivity index (χ3v) is 8.18. The quantitative estimate of drug-likeness (QED) is 0.466. The Kier molecular flexibility index (Phi) is 6.70. The molecule has 192 valence electrons. The lowest BCUT2D eigenvalue weighted by molar-refractivity contribution is -0.143. The van der Waals surface area contributed by atoms with Crippen LogP contribution in [0.1, 0.15) is 24.8 Å². The Bertz CT molecular complexity index is 1120. The number of carbonyl (C=O) groups excluding carboxylic acids is 3. The second-order valence-corrected chi connectivity index (χ2v) is 10.5. The molecule has 0 aliphatic carbocycles. The normalized spacial score (nSPS) is 31.4. The van der Waals surface area contributed by atoms with Gasteiger partial charge in [0.05, 0.1) is 28.6 Å². The third kappa shape index (κ3) is 3.78. The van der Waals surface area contributed by atoms with Crippen LogP contribution in [0.5, 0.6) is 0 Å². The van der Waals surface area contributed by atoms with Crippen molar-refractivity contribution in [2.75, 3.05) is 38.2 Å². The van der Waals surface area contributed by atoms with Crippen LogP contribution in [-0.4, -0.2) is 83.7 Å². The van der Waals surface area contributed by atoms with Crippen molar-refractivity contribution >= 4 is 35.0 Å². The molecule has 3 amide bonds. The van der Waals surface area contributed by atoms with Crippen molar-refractivity contribution in [1.29, 1.82) is 0 Å². The molecule has 1 N–H and O–H groups in total. The first kappa shape index (κ1) is 25.0. The van der Waals surface area contributed by atoms with E-state index in [1.165, 1.54) is 0 Å². The van der Waals surface area contributed by atoms with Gasteiger partial charge in [-0.3, -0.25) is 14.4 Å². The maximum Gasteiger partial charge on any atom is 0.253 e. The van der Waals surface area contributed by atoms with Gasteiger partial charge >= 0.3 is 0 Å². The molecule has 9 heteroatoms. The number of aliphatic hydroxyl groups is 1. The minimum atomic E-state index is -1.25. The number of likely N-dealkylation sites (tertiary alicyclic amines) is 1. The van der Waals surface area contributed by atoms with E-state index >= 15 is 0 Å². The van der Waals surface area contributed by atoms with Crippen LogP contribution in [-0.2, 0) is 19.1 Å². The molecule has 4 aliphatic heterocycles. The predicted octanol–water partition coefficient (Wildman–Crippen LogP) is 2.32. The van der Waals surface area contributed by atoms with Crippen LogP contribution in [0, 0.1) is 18.8 Å². The van der Waals surface area contributed by atoms with Crippen molar-refractivity contribution < 1.29 is 24.2 Å². The van der Waals surface area contributed by atoms with Crippen molar-refractivity contribution in [2.24, 2.45) is 11.8 Å². The van der Waals surface area contributed by atoms with E-state index in [1.54, 1.807) is 27.8 Å². The molecule has 1 unspecified atom stereocenters. The zero-order chi connectivity index (χ0) is 25.6. The van der Waals surface area contributed by atoms with E-state index in [1.807, 2.05) is 43.4 Å². The lowest BCUT2D eigenvalue weighted by atomic mass is 9.77. The number of anilines is 1. The monoisotopic (exact) mass is 513 g/mol. The molecule has 1 aromatic carbocycles. The number of fused-ring (bicyclic) bond motifs is 2. The first-order valence-corrected chi connectivity index (χ1v) is 12.9. The van der Waals surface area contributed by atoms with E-state index in [9.17, 15) is 19.5 Å². The van der Waals surface area contributed by atoms with E-state index in [4.69, 9.17) is 16.3 Å². The molecule has 2 saturated heterocycles. The van der Waals surface area contributed by atoms with Crippen molar-refractivity contribution in [3.05, 3.63) is 53.1 Å². The minimum Gasteiger partial charge on any atom is -0.396 e. The van der Waals surface area contributed by atoms with Crippen molar-refractivity contribution in [2.45, 2.75) is 43.9 Å². The van der Waals surface area contributed by atoms with Gasteiger partial charge in [-0.15, -0.1) is 0 Å². The Labute approximate surface area is 216 Å². The fourth-order valence-electron chi connectivity index (χ4n) is 6.24. The lowest BCUT2D eigenvalue weighted by Gasteiger charge is -2.36. The number of carbonyl (C=O) groups is 3. The molecule has 5 atom stereocenters. The predicted molar refractivity (Wildman–Crippen MR) is 135 cm³/mol. The largest absolute Gasteiger partial charge is 0.396 e. The summed E-state index contributed by atoms with van der Waals surface area (Å²) in [5.41, 5.74) is 0.223. The Balaban J connectivity index is 1.60. The average Bonchev–Trinajstić information content (AvgIpc) is 3.17. The molecule has 1 aromatic rings. The lowest BCUT2D eigenvalue weighted by Crippen LogP contribution is -2.55. The molecule has 2 fully saturated rings. The number of amides is 3. The number of benzene rings is 1. The average molecular weight is 514 g/mol. The highest BCUT2D eigenvalue weighted by molar-refractivity contribution is 6.34. The molecule has 0 radical (unpaired) electrons. The number of para-hydroxylation sites is 1. The van der Waals surface area contributed by atoms with Gasteiger partial charge in [-0.25, -0.2) is 0 Å². The topological polar surface area (TPSA) is 90.4 Å². The molecular formula is C27H32ClN3O5. The number of likely N-dealkylation sites (N-methyl/N-ethyl adjacent to an activating group) is 1. The number of rotatable bonds is 6. The van der Waals surface area contributed by atoms with Gasteiger partial charge in [0.2, 0.25) is 11.8 Å². The first-order valence-electron chi connectivity index (χ1n) is 12.6. The summed E-state index contributed by atoms with van der Waals surface area (Å²) in [6.07, 6.45) is 8.83. The van der Waals surface area contributed by atoms with E-state index in [-0.39, 0.29) is 30.9 Å². The van der Waals surface area contributed by atoms with Gasteiger partial charge in [0.1, 0.15) is 11.6 Å². The van der Waals surface area contributed by atoms with Gasteiger partial charge in [-0.2, -0.15) is 0 Å². The second kappa shape index (κ2) is 9.65. The summed E-state index contributed by atoms with van der Waals surface area (Å²) in [7, 11) is 1.72. The number of aliphatic hydroxyl groups excluding tert-OH is 1. The highest BCUT2D eigenvalue weighted by Crippen LogP contribution is 2.53. The Morgan fingerprint density at radius 3 is 2.64 bits per heavy atom. The van der Waals surface area contributed by atoms with Gasteiger partial charge in [0.25, 0.3) is 5.91 Å². The number of hydrogen-bond donors (Lipinski definition) is 1. The summed E-state index contributed by atoms with van der Waals surface area (Å²) in [6, 6.07) is 4.57. The van der Waals surface area contributed by atoms with Crippen LogP contribution in [0.25, 0.3) is 0 Å². The number of hydrogen-bond acceptors (Lipinski definition) is 5. The van der Waals surface area contributed by atoms with Gasteiger partial charge in [-0.05, 0) is 37.8 Å². The summed E-state index contributed by atoms with van der Waals surface area (Å²) in [6.45, 7) is 3.05. The van der Waals surface area contributed by atoms with Gasteiger partial charge in [0.15, 0.2) is 0 Å². The highest BCUT2D eigenvalue weighted by atomic mass is 35.5. The molecule has 0 aromatic heterocycles. The highest BCUT2D eigenvalue weighted by Gasteiger charge is 2.71. The summed E-state index contributed by atoms with van der Waals surface area (Å²) in [5, 5.41) is 9.66. The van der Waals surface area contributed by atoms with E-state index < -0.39 is 29.6 Å². The van der Waals surface area contributed by atoms with Crippen molar-refractivity contribution in [1.82, 2.24) is 9.80 Å². The molecule has 5 rings (SSSR count). The van der Waals surface area contributed by atoms with Crippen LogP contribution >= 0.6 is 11.6 Å². The molecule has 0 saturated carbocycles. The molecule has 36 heavy (non-hydrogen) atoms. The number of nitrogens with zero attached hydrogens (tertiary/aromatic N) is 3. The first-order chi connectivity index (χ1) is 17.3. The molecule has 4 heterocycles. The van der Waals surface area contributed by atoms with Gasteiger partial charge in [-0.1, -0.05) is 48.0 Å². The number of ether oxygens (including phenoxy) is 1. The zero-order valence-corrected chi connectivity index (χ0v) is 21.4. The molecule has 8 nitrogen and oxygen atoms in total. The molecule has 4 aliphatic rings. The maximum absolute atomic E-state index is 14.3. The molecular weight excluding hydrogens is 482 g/mol. The van der Waals surface area contributed by atoms with Crippen LogP contribution in [0.4, 0.5) is 5.69 Å². The summed E-state index contributed by atoms with van der Waals surface area (Å²) in [5.74, 6) is -2.14. The summed E-state index contributed by atoms with van der Waals surface area (Å²) >= 11 is 6.56. The third-order valence-electron chi connectivity index (χ3n) is 7.88. The fourth-order valence-corrected chi connectivity index (χ4v) is 6.56. The van der Waals surface area contributed by atoms with E-state index in [0.29, 0.717) is 36.6 Å². The Morgan fingerprint density at radius 1 is 1.08 bits per heavy atom. The maximum atomic E-state index is 14.3. The fraction of sp³-hybridized carbons (Fsp3) is 0.519. The standard InChI is InChI=1S/C27H32ClN3O5/c1-17-9-6-10-18(28)22(17)30-15-8-12-27-21(20-19(36-27)11-7-13-29(2)24(20)33)25(34)31(23(27)26(30)35)14-4-3-5-16-32/h6-12,19-21,23,32H,3-5,13-16H2,1-2H3/t19-,20+,21+,23?,27+/m1/s1. The number of halogens is 1. The molecule has 1 spiro atoms. The number of unbranched alkanes of at least 4 members (excludes halogenated alkanes) is 2. The van der Waals surface area contributed by atoms with Gasteiger partial charge in [0, 0.05) is 33.3 Å². The van der Waals surface area contributed by atoms with Crippen molar-refractivity contribution in [3.8, 4) is 0 Å². The summed E-state index contributed by atoms with van der Waals surface area (Å²) < 4.78 is 6.60. The van der Waals surface area contributed by atoms with Crippen LogP contribution in [0.15, 0.2) is 42.5 Å². The van der Waals surface area contributed by atoms with E-state index in [2.05, 4.69) is 0 Å². The second-order valence-electron chi connectivity index (χ2n) is 10.1. The minimum absolute atomic E-state index is 0.0746. The smallest absolute Gasteiger partial charge is 0.253 e. The van der Waals surface area contributed by atoms with Crippen LogP contribution in [0.2, 0.25) is 5.02 Å².